The van der Waals surface area contributed by atoms with E-state index in [0.29, 0.717) is 12.0 Å². The third-order valence-corrected chi connectivity index (χ3v) is 5.17. The van der Waals surface area contributed by atoms with E-state index >= 15 is 0 Å². The number of hydrogen-bond acceptors (Lipinski definition) is 3. The van der Waals surface area contributed by atoms with E-state index in [2.05, 4.69) is 35.8 Å². The summed E-state index contributed by atoms with van der Waals surface area (Å²) in [5, 5.41) is 0. The Morgan fingerprint density at radius 1 is 1.30 bits per heavy atom. The van der Waals surface area contributed by atoms with Crippen molar-refractivity contribution in [2.24, 2.45) is 11.8 Å². The molecule has 2 atom stereocenters. The Morgan fingerprint density at radius 2 is 2.10 bits per heavy atom. The fourth-order valence-electron chi connectivity index (χ4n) is 3.75. The van der Waals surface area contributed by atoms with Crippen LogP contribution in [0.15, 0.2) is 30.3 Å². The molecule has 1 spiro atoms. The van der Waals surface area contributed by atoms with Crippen LogP contribution in [0.5, 0.6) is 0 Å². The van der Waals surface area contributed by atoms with Crippen molar-refractivity contribution in [3.05, 3.63) is 35.9 Å². The van der Waals surface area contributed by atoms with Crippen molar-refractivity contribution in [1.29, 1.82) is 0 Å². The Hall–Kier alpha value is -0.900. The van der Waals surface area contributed by atoms with Gasteiger partial charge in [0.15, 0.2) is 0 Å². The smallest absolute Gasteiger partial charge is 0.0685 e. The molecule has 1 aromatic carbocycles. The molecular weight excluding hydrogens is 248 g/mol. The van der Waals surface area contributed by atoms with Gasteiger partial charge in [0.2, 0.25) is 0 Å². The first-order chi connectivity index (χ1) is 9.81. The summed E-state index contributed by atoms with van der Waals surface area (Å²) in [6.45, 7) is 0.911. The molecule has 1 aliphatic heterocycles. The van der Waals surface area contributed by atoms with Crippen LogP contribution in [-0.2, 0) is 11.2 Å². The zero-order valence-corrected chi connectivity index (χ0v) is 12.2. The van der Waals surface area contributed by atoms with Crippen molar-refractivity contribution in [3.63, 3.8) is 0 Å². The minimum atomic E-state index is 0.213. The molecule has 1 heterocycles. The maximum Gasteiger partial charge on any atom is 0.0685 e. The number of aryl methyl sites for hydroxylation is 1. The number of ether oxygens (including phenoxy) is 1. The summed E-state index contributed by atoms with van der Waals surface area (Å²) in [5.74, 6) is 6.49. The van der Waals surface area contributed by atoms with Crippen molar-refractivity contribution < 1.29 is 4.74 Å². The van der Waals surface area contributed by atoms with Gasteiger partial charge in [0.25, 0.3) is 0 Å². The van der Waals surface area contributed by atoms with Gasteiger partial charge in [0, 0.05) is 12.6 Å². The highest BCUT2D eigenvalue weighted by Gasteiger charge is 2.43. The normalized spacial score (nSPS) is 26.1. The number of nitrogens with two attached hydrogens (primary N) is 1. The Kier molecular flexibility index (Phi) is 4.39. The van der Waals surface area contributed by atoms with Crippen LogP contribution in [0.3, 0.4) is 0 Å². The van der Waals surface area contributed by atoms with Gasteiger partial charge in [-0.25, -0.2) is 0 Å². The third-order valence-electron chi connectivity index (χ3n) is 5.17. The lowest BCUT2D eigenvalue weighted by atomic mass is 9.70. The van der Waals surface area contributed by atoms with Crippen LogP contribution in [0.2, 0.25) is 0 Å². The number of benzene rings is 1. The van der Waals surface area contributed by atoms with Crippen LogP contribution in [0, 0.1) is 5.92 Å². The predicted octanol–water partition coefficient (Wildman–Crippen LogP) is 2.80. The molecule has 2 unspecified atom stereocenters. The minimum Gasteiger partial charge on any atom is -0.375 e. The van der Waals surface area contributed by atoms with Gasteiger partial charge < -0.3 is 4.74 Å². The number of hydrazine groups is 1. The predicted molar refractivity (Wildman–Crippen MR) is 81.1 cm³/mol. The molecule has 3 nitrogen and oxygen atoms in total. The molecule has 2 aliphatic rings. The molecule has 3 N–H and O–H groups in total. The van der Waals surface area contributed by atoms with Crippen molar-refractivity contribution in [1.82, 2.24) is 5.43 Å². The van der Waals surface area contributed by atoms with Crippen molar-refractivity contribution >= 4 is 0 Å². The van der Waals surface area contributed by atoms with Crippen LogP contribution in [-0.4, -0.2) is 18.2 Å². The Balaban J connectivity index is 1.55. The lowest BCUT2D eigenvalue weighted by molar-refractivity contribution is -0.147. The van der Waals surface area contributed by atoms with Gasteiger partial charge >= 0.3 is 0 Å². The van der Waals surface area contributed by atoms with Gasteiger partial charge in [-0.3, -0.25) is 11.3 Å². The van der Waals surface area contributed by atoms with Crippen molar-refractivity contribution in [3.8, 4) is 0 Å². The third kappa shape index (κ3) is 3.05. The molecule has 1 saturated carbocycles. The summed E-state index contributed by atoms with van der Waals surface area (Å²) in [4.78, 5) is 0. The lowest BCUT2D eigenvalue weighted by Crippen LogP contribution is -2.51. The molecule has 0 aromatic heterocycles. The van der Waals surface area contributed by atoms with Gasteiger partial charge in [0.1, 0.15) is 0 Å². The van der Waals surface area contributed by atoms with E-state index in [1.54, 1.807) is 0 Å². The van der Waals surface area contributed by atoms with E-state index in [1.165, 1.54) is 31.2 Å². The molecule has 20 heavy (non-hydrogen) atoms. The van der Waals surface area contributed by atoms with E-state index in [9.17, 15) is 0 Å². The van der Waals surface area contributed by atoms with Crippen LogP contribution in [0.1, 0.15) is 44.1 Å². The Bertz CT molecular complexity index is 416. The second-order valence-electron chi connectivity index (χ2n) is 6.44. The summed E-state index contributed by atoms with van der Waals surface area (Å²) in [6, 6.07) is 11.1. The zero-order valence-electron chi connectivity index (χ0n) is 12.2. The lowest BCUT2D eigenvalue weighted by Gasteiger charge is -2.48. The van der Waals surface area contributed by atoms with E-state index in [1.807, 2.05) is 0 Å². The van der Waals surface area contributed by atoms with Gasteiger partial charge in [-0.2, -0.15) is 0 Å². The van der Waals surface area contributed by atoms with Gasteiger partial charge in [-0.1, -0.05) is 30.3 Å². The van der Waals surface area contributed by atoms with Crippen LogP contribution < -0.4 is 11.3 Å². The first-order valence-electron chi connectivity index (χ1n) is 7.95. The summed E-state index contributed by atoms with van der Waals surface area (Å²) in [7, 11) is 0. The van der Waals surface area contributed by atoms with Crippen molar-refractivity contribution in [2.45, 2.75) is 56.6 Å². The summed E-state index contributed by atoms with van der Waals surface area (Å²) in [6.07, 6.45) is 8.37. The molecule has 1 saturated heterocycles. The number of nitrogens with one attached hydrogen (secondary N) is 1. The van der Waals surface area contributed by atoms with Gasteiger partial charge in [-0.15, -0.1) is 0 Å². The first kappa shape index (κ1) is 14.1. The molecule has 1 aromatic rings. The van der Waals surface area contributed by atoms with Gasteiger partial charge in [-0.05, 0) is 56.4 Å². The fraction of sp³-hybridized carbons (Fsp3) is 0.647. The molecule has 2 fully saturated rings. The van der Waals surface area contributed by atoms with E-state index in [-0.39, 0.29) is 5.60 Å². The second-order valence-corrected chi connectivity index (χ2v) is 6.44. The monoisotopic (exact) mass is 274 g/mol. The minimum absolute atomic E-state index is 0.213. The molecule has 1 aliphatic carbocycles. The molecule has 110 valence electrons. The SMILES string of the molecule is NNC(CCc1ccccc1)C1CCOC2(CCC2)C1. The topological polar surface area (TPSA) is 47.3 Å². The van der Waals surface area contributed by atoms with Crippen molar-refractivity contribution in [2.75, 3.05) is 6.61 Å². The zero-order chi connectivity index (χ0) is 13.8. The number of hydrogen-bond donors (Lipinski definition) is 2. The van der Waals surface area contributed by atoms with E-state index in [4.69, 9.17) is 10.6 Å². The van der Waals surface area contributed by atoms with Gasteiger partial charge in [0.05, 0.1) is 5.60 Å². The molecule has 0 bridgehead atoms. The highest BCUT2D eigenvalue weighted by atomic mass is 16.5. The van der Waals surface area contributed by atoms with E-state index in [0.717, 1.165) is 25.9 Å². The summed E-state index contributed by atoms with van der Waals surface area (Å²) in [5.41, 5.74) is 4.69. The molecule has 0 radical (unpaired) electrons. The molecule has 3 heteroatoms. The number of rotatable bonds is 5. The highest BCUT2D eigenvalue weighted by Crippen LogP contribution is 2.45. The molecule has 0 amide bonds. The Labute approximate surface area is 121 Å². The van der Waals surface area contributed by atoms with Crippen LogP contribution >= 0.6 is 0 Å². The second kappa shape index (κ2) is 6.25. The largest absolute Gasteiger partial charge is 0.375 e. The quantitative estimate of drug-likeness (QED) is 0.641. The standard InChI is InChI=1S/C17H26N2O/c18-19-16(8-7-14-5-2-1-3-6-14)15-9-12-20-17(13-15)10-4-11-17/h1-3,5-6,15-16,19H,4,7-13,18H2. The van der Waals surface area contributed by atoms with E-state index < -0.39 is 0 Å². The van der Waals surface area contributed by atoms with Crippen LogP contribution in [0.25, 0.3) is 0 Å². The Morgan fingerprint density at radius 3 is 2.75 bits per heavy atom. The summed E-state index contributed by atoms with van der Waals surface area (Å²) < 4.78 is 6.02. The average Bonchev–Trinajstić information content (AvgIpc) is 2.48. The molecule has 3 rings (SSSR count). The van der Waals surface area contributed by atoms with Crippen LogP contribution in [0.4, 0.5) is 0 Å². The molecular formula is C17H26N2O. The summed E-state index contributed by atoms with van der Waals surface area (Å²) >= 11 is 0. The fourth-order valence-corrected chi connectivity index (χ4v) is 3.75. The first-order valence-corrected chi connectivity index (χ1v) is 7.95. The average molecular weight is 274 g/mol. The highest BCUT2D eigenvalue weighted by molar-refractivity contribution is 5.15. The maximum atomic E-state index is 6.02. The maximum absolute atomic E-state index is 6.02.